The molecule has 3 heteroatoms. The molecule has 3 aliphatic rings. The van der Waals surface area contributed by atoms with Crippen molar-refractivity contribution in [3.05, 3.63) is 23.4 Å². The predicted molar refractivity (Wildman–Crippen MR) is 82.2 cm³/mol. The van der Waals surface area contributed by atoms with Crippen molar-refractivity contribution < 1.29 is 0 Å². The molecule has 0 atom stereocenters. The normalized spacial score (nSPS) is 23.1. The molecular formula is C17H25N3. The van der Waals surface area contributed by atoms with Crippen molar-refractivity contribution in [3.63, 3.8) is 0 Å². The summed E-state index contributed by atoms with van der Waals surface area (Å²) in [4.78, 5) is 7.37. The molecule has 1 aromatic rings. The minimum atomic E-state index is 0.737. The van der Waals surface area contributed by atoms with Crippen molar-refractivity contribution >= 4 is 5.82 Å². The molecule has 1 aromatic heterocycles. The van der Waals surface area contributed by atoms with Gasteiger partial charge in [0.2, 0.25) is 0 Å². The predicted octanol–water partition coefficient (Wildman–Crippen LogP) is 2.54. The summed E-state index contributed by atoms with van der Waals surface area (Å²) in [6.07, 6.45) is 9.14. The van der Waals surface area contributed by atoms with E-state index in [0.29, 0.717) is 0 Å². The van der Waals surface area contributed by atoms with Crippen molar-refractivity contribution in [2.45, 2.75) is 51.0 Å². The molecule has 0 spiro atoms. The van der Waals surface area contributed by atoms with Gasteiger partial charge in [-0.25, -0.2) is 4.98 Å². The van der Waals surface area contributed by atoms with Gasteiger partial charge in [0, 0.05) is 24.8 Å². The maximum atomic E-state index is 4.89. The Morgan fingerprint density at radius 1 is 1.10 bits per heavy atom. The number of hydrogen-bond acceptors (Lipinski definition) is 3. The Hall–Kier alpha value is -1.09. The Labute approximate surface area is 121 Å². The second-order valence-corrected chi connectivity index (χ2v) is 6.74. The standard InChI is InChI=1S/C17H25N3/c1-2-14-6-7-17(19-16(14)3-1)20-10-8-15(9-11-20)18-12-13-4-5-13/h6-7,13,15,18H,1-5,8-12H2. The molecule has 0 aromatic carbocycles. The van der Waals surface area contributed by atoms with Crippen LogP contribution in [-0.4, -0.2) is 30.7 Å². The molecule has 0 bridgehead atoms. The van der Waals surface area contributed by atoms with E-state index in [-0.39, 0.29) is 0 Å². The number of aryl methyl sites for hydroxylation is 2. The molecule has 2 fully saturated rings. The van der Waals surface area contributed by atoms with Gasteiger partial charge in [-0.05, 0) is 69.0 Å². The zero-order valence-electron chi connectivity index (χ0n) is 12.3. The first-order chi connectivity index (χ1) is 9.88. The first-order valence-corrected chi connectivity index (χ1v) is 8.35. The molecule has 0 radical (unpaired) electrons. The molecule has 1 saturated heterocycles. The molecule has 1 aliphatic heterocycles. The van der Waals surface area contributed by atoms with Crippen molar-refractivity contribution in [1.82, 2.24) is 10.3 Å². The Morgan fingerprint density at radius 3 is 2.75 bits per heavy atom. The van der Waals surface area contributed by atoms with Gasteiger partial charge >= 0.3 is 0 Å². The average Bonchev–Trinajstić information content (AvgIpc) is 3.21. The number of fused-ring (bicyclic) bond motifs is 1. The van der Waals surface area contributed by atoms with E-state index in [9.17, 15) is 0 Å². The summed E-state index contributed by atoms with van der Waals surface area (Å²) >= 11 is 0. The lowest BCUT2D eigenvalue weighted by Gasteiger charge is -2.33. The molecule has 1 saturated carbocycles. The third kappa shape index (κ3) is 2.69. The van der Waals surface area contributed by atoms with Gasteiger partial charge in [-0.2, -0.15) is 0 Å². The zero-order chi connectivity index (χ0) is 13.4. The average molecular weight is 271 g/mol. The summed E-state index contributed by atoms with van der Waals surface area (Å²) in [5, 5.41) is 3.75. The Bertz CT molecular complexity index is 473. The summed E-state index contributed by atoms with van der Waals surface area (Å²) in [7, 11) is 0. The lowest BCUT2D eigenvalue weighted by molar-refractivity contribution is 0.407. The third-order valence-corrected chi connectivity index (χ3v) is 5.12. The van der Waals surface area contributed by atoms with Crippen molar-refractivity contribution in [2.75, 3.05) is 24.5 Å². The number of anilines is 1. The van der Waals surface area contributed by atoms with E-state index in [1.54, 1.807) is 0 Å². The van der Waals surface area contributed by atoms with Crippen LogP contribution in [0.25, 0.3) is 0 Å². The van der Waals surface area contributed by atoms with E-state index < -0.39 is 0 Å². The van der Waals surface area contributed by atoms with E-state index in [1.165, 1.54) is 68.6 Å². The van der Waals surface area contributed by atoms with Gasteiger partial charge in [0.25, 0.3) is 0 Å². The van der Waals surface area contributed by atoms with Crippen LogP contribution in [0.1, 0.15) is 43.4 Å². The van der Waals surface area contributed by atoms with E-state index >= 15 is 0 Å². The van der Waals surface area contributed by atoms with Crippen LogP contribution in [0.15, 0.2) is 12.1 Å². The SMILES string of the molecule is c1cc2c(nc1N1CCC(NCC3CC3)CC1)CCC2. The van der Waals surface area contributed by atoms with Crippen LogP contribution < -0.4 is 10.2 Å². The highest BCUT2D eigenvalue weighted by Gasteiger charge is 2.25. The summed E-state index contributed by atoms with van der Waals surface area (Å²) in [6, 6.07) is 5.28. The fourth-order valence-corrected chi connectivity index (χ4v) is 3.55. The van der Waals surface area contributed by atoms with Gasteiger partial charge in [0.15, 0.2) is 0 Å². The first kappa shape index (κ1) is 12.6. The lowest BCUT2D eigenvalue weighted by Crippen LogP contribution is -2.43. The maximum absolute atomic E-state index is 4.89. The molecule has 20 heavy (non-hydrogen) atoms. The number of rotatable bonds is 4. The quantitative estimate of drug-likeness (QED) is 0.912. The van der Waals surface area contributed by atoms with Crippen LogP contribution in [0.4, 0.5) is 5.82 Å². The highest BCUT2D eigenvalue weighted by atomic mass is 15.2. The van der Waals surface area contributed by atoms with E-state index in [1.807, 2.05) is 0 Å². The van der Waals surface area contributed by atoms with Crippen molar-refractivity contribution in [3.8, 4) is 0 Å². The zero-order valence-corrected chi connectivity index (χ0v) is 12.3. The van der Waals surface area contributed by atoms with E-state index in [2.05, 4.69) is 22.3 Å². The van der Waals surface area contributed by atoms with Crippen LogP contribution in [0, 0.1) is 5.92 Å². The molecule has 108 valence electrons. The molecule has 0 amide bonds. The van der Waals surface area contributed by atoms with Gasteiger partial charge in [-0.15, -0.1) is 0 Å². The Balaban J connectivity index is 1.34. The van der Waals surface area contributed by atoms with Crippen LogP contribution in [-0.2, 0) is 12.8 Å². The number of nitrogens with zero attached hydrogens (tertiary/aromatic N) is 2. The largest absolute Gasteiger partial charge is 0.356 e. The topological polar surface area (TPSA) is 28.2 Å². The molecule has 1 N–H and O–H groups in total. The fourth-order valence-electron chi connectivity index (χ4n) is 3.55. The summed E-state index contributed by atoms with van der Waals surface area (Å²) in [6.45, 7) is 3.57. The van der Waals surface area contributed by atoms with Crippen LogP contribution >= 0.6 is 0 Å². The van der Waals surface area contributed by atoms with Gasteiger partial charge in [0.1, 0.15) is 5.82 Å². The maximum Gasteiger partial charge on any atom is 0.128 e. The van der Waals surface area contributed by atoms with Gasteiger partial charge in [-0.1, -0.05) is 6.07 Å². The monoisotopic (exact) mass is 271 g/mol. The number of aromatic nitrogens is 1. The summed E-state index contributed by atoms with van der Waals surface area (Å²) < 4.78 is 0. The smallest absolute Gasteiger partial charge is 0.128 e. The number of pyridine rings is 1. The lowest BCUT2D eigenvalue weighted by atomic mass is 10.0. The molecule has 4 rings (SSSR count). The summed E-state index contributed by atoms with van der Waals surface area (Å²) in [5.74, 6) is 2.21. The molecule has 0 unspecified atom stereocenters. The van der Waals surface area contributed by atoms with Crippen LogP contribution in [0.3, 0.4) is 0 Å². The van der Waals surface area contributed by atoms with Crippen molar-refractivity contribution in [2.24, 2.45) is 5.92 Å². The van der Waals surface area contributed by atoms with Crippen molar-refractivity contribution in [1.29, 1.82) is 0 Å². The second-order valence-electron chi connectivity index (χ2n) is 6.74. The molecule has 2 aliphatic carbocycles. The minimum absolute atomic E-state index is 0.737. The van der Waals surface area contributed by atoms with Gasteiger partial charge < -0.3 is 10.2 Å². The minimum Gasteiger partial charge on any atom is -0.356 e. The first-order valence-electron chi connectivity index (χ1n) is 8.35. The fraction of sp³-hybridized carbons (Fsp3) is 0.706. The van der Waals surface area contributed by atoms with Gasteiger partial charge in [-0.3, -0.25) is 0 Å². The summed E-state index contributed by atoms with van der Waals surface area (Å²) in [5.41, 5.74) is 2.84. The molecule has 2 heterocycles. The van der Waals surface area contributed by atoms with E-state index in [4.69, 9.17) is 4.98 Å². The number of hydrogen-bond donors (Lipinski definition) is 1. The second kappa shape index (κ2) is 5.36. The number of piperidine rings is 1. The Morgan fingerprint density at radius 2 is 1.95 bits per heavy atom. The van der Waals surface area contributed by atoms with E-state index in [0.717, 1.165) is 25.0 Å². The highest BCUT2D eigenvalue weighted by Crippen LogP contribution is 2.28. The molecule has 3 nitrogen and oxygen atoms in total. The number of nitrogens with one attached hydrogen (secondary N) is 1. The third-order valence-electron chi connectivity index (χ3n) is 5.12. The Kier molecular flexibility index (Phi) is 3.39. The van der Waals surface area contributed by atoms with Crippen LogP contribution in [0.5, 0.6) is 0 Å². The van der Waals surface area contributed by atoms with Gasteiger partial charge in [0.05, 0.1) is 0 Å². The highest BCUT2D eigenvalue weighted by molar-refractivity contribution is 5.43. The molecular weight excluding hydrogens is 246 g/mol. The van der Waals surface area contributed by atoms with Crippen LogP contribution in [0.2, 0.25) is 0 Å².